The molecule has 0 aliphatic rings. The van der Waals surface area contributed by atoms with Gasteiger partial charge in [0.1, 0.15) is 12.4 Å². The van der Waals surface area contributed by atoms with Gasteiger partial charge in [0.25, 0.3) is 0 Å². The Morgan fingerprint density at radius 1 is 1.31 bits per heavy atom. The van der Waals surface area contributed by atoms with Gasteiger partial charge >= 0.3 is 0 Å². The highest BCUT2D eigenvalue weighted by molar-refractivity contribution is 5.35. The molecule has 0 aliphatic carbocycles. The summed E-state index contributed by atoms with van der Waals surface area (Å²) in [6.07, 6.45) is 3.35. The standard InChI is InChI=1S/C12H21N3O/c1-4-6-7-10-8-11(13-5-2)15-12(14-10)9-16-3/h8H,4-7,9H2,1-3H3,(H,13,14,15). The molecule has 1 heterocycles. The van der Waals surface area contributed by atoms with E-state index in [1.165, 1.54) is 6.42 Å². The second-order valence-corrected chi connectivity index (χ2v) is 3.73. The number of unbranched alkanes of at least 4 members (excludes halogenated alkanes) is 1. The summed E-state index contributed by atoms with van der Waals surface area (Å²) >= 11 is 0. The number of aromatic nitrogens is 2. The molecule has 0 saturated carbocycles. The highest BCUT2D eigenvalue weighted by atomic mass is 16.5. The van der Waals surface area contributed by atoms with Gasteiger partial charge < -0.3 is 10.1 Å². The van der Waals surface area contributed by atoms with Gasteiger partial charge in [-0.25, -0.2) is 9.97 Å². The molecule has 0 aromatic carbocycles. The van der Waals surface area contributed by atoms with Crippen molar-refractivity contribution in [2.24, 2.45) is 0 Å². The van der Waals surface area contributed by atoms with Crippen molar-refractivity contribution in [1.29, 1.82) is 0 Å². The lowest BCUT2D eigenvalue weighted by atomic mass is 10.2. The lowest BCUT2D eigenvalue weighted by Crippen LogP contribution is -2.07. The minimum absolute atomic E-state index is 0.471. The van der Waals surface area contributed by atoms with Crippen LogP contribution in [-0.4, -0.2) is 23.6 Å². The lowest BCUT2D eigenvalue weighted by Gasteiger charge is -2.08. The predicted octanol–water partition coefficient (Wildman–Crippen LogP) is 2.40. The van der Waals surface area contributed by atoms with E-state index < -0.39 is 0 Å². The van der Waals surface area contributed by atoms with Crippen LogP contribution in [0.1, 0.15) is 38.2 Å². The van der Waals surface area contributed by atoms with Gasteiger partial charge in [-0.2, -0.15) is 0 Å². The van der Waals surface area contributed by atoms with Crippen LogP contribution in [0.4, 0.5) is 5.82 Å². The quantitative estimate of drug-likeness (QED) is 0.771. The molecule has 0 atom stereocenters. The normalized spacial score (nSPS) is 10.4. The number of methoxy groups -OCH3 is 1. The molecule has 0 spiro atoms. The van der Waals surface area contributed by atoms with Crippen LogP contribution in [0.2, 0.25) is 0 Å². The largest absolute Gasteiger partial charge is 0.377 e. The van der Waals surface area contributed by atoms with Gasteiger partial charge in [0, 0.05) is 25.4 Å². The Balaban J connectivity index is 2.80. The van der Waals surface area contributed by atoms with E-state index in [-0.39, 0.29) is 0 Å². The maximum absolute atomic E-state index is 5.07. The summed E-state index contributed by atoms with van der Waals surface area (Å²) in [5.41, 5.74) is 1.10. The van der Waals surface area contributed by atoms with E-state index >= 15 is 0 Å². The smallest absolute Gasteiger partial charge is 0.156 e. The van der Waals surface area contributed by atoms with E-state index in [2.05, 4.69) is 29.1 Å². The van der Waals surface area contributed by atoms with Crippen molar-refractivity contribution >= 4 is 5.82 Å². The summed E-state index contributed by atoms with van der Waals surface area (Å²) in [5, 5.41) is 3.22. The fourth-order valence-electron chi connectivity index (χ4n) is 1.50. The first-order valence-corrected chi connectivity index (χ1v) is 5.89. The summed E-state index contributed by atoms with van der Waals surface area (Å²) in [6, 6.07) is 2.03. The number of nitrogens with zero attached hydrogens (tertiary/aromatic N) is 2. The van der Waals surface area contributed by atoms with E-state index in [0.717, 1.165) is 36.7 Å². The van der Waals surface area contributed by atoms with Crippen molar-refractivity contribution in [3.8, 4) is 0 Å². The van der Waals surface area contributed by atoms with E-state index in [4.69, 9.17) is 4.74 Å². The zero-order valence-corrected chi connectivity index (χ0v) is 10.4. The van der Waals surface area contributed by atoms with Crippen LogP contribution in [0.3, 0.4) is 0 Å². The summed E-state index contributed by atoms with van der Waals surface area (Å²) in [5.74, 6) is 1.66. The highest BCUT2D eigenvalue weighted by Gasteiger charge is 2.03. The predicted molar refractivity (Wildman–Crippen MR) is 65.5 cm³/mol. The van der Waals surface area contributed by atoms with Crippen molar-refractivity contribution in [2.45, 2.75) is 39.7 Å². The van der Waals surface area contributed by atoms with Crippen LogP contribution in [0.25, 0.3) is 0 Å². The molecule has 1 N–H and O–H groups in total. The van der Waals surface area contributed by atoms with E-state index in [1.54, 1.807) is 7.11 Å². The first kappa shape index (κ1) is 12.9. The molecule has 0 amide bonds. The topological polar surface area (TPSA) is 47.0 Å². The molecule has 0 fully saturated rings. The second-order valence-electron chi connectivity index (χ2n) is 3.73. The van der Waals surface area contributed by atoms with E-state index in [1.807, 2.05) is 6.07 Å². The zero-order chi connectivity index (χ0) is 11.8. The molecule has 4 nitrogen and oxygen atoms in total. The highest BCUT2D eigenvalue weighted by Crippen LogP contribution is 2.10. The fourth-order valence-corrected chi connectivity index (χ4v) is 1.50. The van der Waals surface area contributed by atoms with Crippen LogP contribution in [0.15, 0.2) is 6.07 Å². The molecule has 4 heteroatoms. The zero-order valence-electron chi connectivity index (χ0n) is 10.4. The molecule has 0 radical (unpaired) electrons. The molecule has 1 aromatic heterocycles. The Morgan fingerprint density at radius 2 is 2.12 bits per heavy atom. The number of hydrogen-bond acceptors (Lipinski definition) is 4. The maximum atomic E-state index is 5.07. The van der Waals surface area contributed by atoms with Gasteiger partial charge in [-0.15, -0.1) is 0 Å². The number of aryl methyl sites for hydroxylation is 1. The molecule has 1 aromatic rings. The summed E-state index contributed by atoms with van der Waals surface area (Å²) < 4.78 is 5.07. The number of ether oxygens (including phenoxy) is 1. The third kappa shape index (κ3) is 4.14. The molecular formula is C12H21N3O. The third-order valence-corrected chi connectivity index (χ3v) is 2.24. The molecule has 1 rings (SSSR count). The number of rotatable bonds is 7. The van der Waals surface area contributed by atoms with Gasteiger partial charge in [-0.1, -0.05) is 13.3 Å². The average molecular weight is 223 g/mol. The Bertz CT molecular complexity index is 291. The van der Waals surface area contributed by atoms with Crippen molar-refractivity contribution in [1.82, 2.24) is 9.97 Å². The van der Waals surface area contributed by atoms with Crippen molar-refractivity contribution in [3.05, 3.63) is 17.6 Å². The Labute approximate surface area is 97.5 Å². The number of anilines is 1. The van der Waals surface area contributed by atoms with Crippen LogP contribution >= 0.6 is 0 Å². The lowest BCUT2D eigenvalue weighted by molar-refractivity contribution is 0.177. The SMILES string of the molecule is CCCCc1cc(NCC)nc(COC)n1. The van der Waals surface area contributed by atoms with Crippen LogP contribution in [0, 0.1) is 0 Å². The van der Waals surface area contributed by atoms with Crippen LogP contribution < -0.4 is 5.32 Å². The Morgan fingerprint density at radius 3 is 2.75 bits per heavy atom. The second kappa shape index (κ2) is 7.17. The summed E-state index contributed by atoms with van der Waals surface area (Å²) in [6.45, 7) is 5.58. The molecular weight excluding hydrogens is 202 g/mol. The minimum atomic E-state index is 0.471. The first-order chi connectivity index (χ1) is 7.80. The third-order valence-electron chi connectivity index (χ3n) is 2.24. The van der Waals surface area contributed by atoms with E-state index in [0.29, 0.717) is 6.61 Å². The van der Waals surface area contributed by atoms with E-state index in [9.17, 15) is 0 Å². The Kier molecular flexibility index (Phi) is 5.78. The number of nitrogens with one attached hydrogen (secondary N) is 1. The van der Waals surface area contributed by atoms with Crippen LogP contribution in [-0.2, 0) is 17.8 Å². The molecule has 0 saturated heterocycles. The van der Waals surface area contributed by atoms with Gasteiger partial charge in [0.2, 0.25) is 0 Å². The average Bonchev–Trinajstić information content (AvgIpc) is 2.27. The maximum Gasteiger partial charge on any atom is 0.156 e. The molecule has 0 bridgehead atoms. The van der Waals surface area contributed by atoms with Gasteiger partial charge in [-0.3, -0.25) is 0 Å². The van der Waals surface area contributed by atoms with Crippen LogP contribution in [0.5, 0.6) is 0 Å². The van der Waals surface area contributed by atoms with Crippen molar-refractivity contribution in [3.63, 3.8) is 0 Å². The van der Waals surface area contributed by atoms with Gasteiger partial charge in [0.15, 0.2) is 5.82 Å². The van der Waals surface area contributed by atoms with Crippen molar-refractivity contribution < 1.29 is 4.74 Å². The fraction of sp³-hybridized carbons (Fsp3) is 0.667. The monoisotopic (exact) mass is 223 g/mol. The van der Waals surface area contributed by atoms with Gasteiger partial charge in [-0.05, 0) is 19.8 Å². The minimum Gasteiger partial charge on any atom is -0.377 e. The summed E-state index contributed by atoms with van der Waals surface area (Å²) in [7, 11) is 1.66. The molecule has 90 valence electrons. The first-order valence-electron chi connectivity index (χ1n) is 5.89. The molecule has 0 unspecified atom stereocenters. The number of hydrogen-bond donors (Lipinski definition) is 1. The van der Waals surface area contributed by atoms with Gasteiger partial charge in [0.05, 0.1) is 0 Å². The molecule has 16 heavy (non-hydrogen) atoms. The molecule has 0 aliphatic heterocycles. The summed E-state index contributed by atoms with van der Waals surface area (Å²) in [4.78, 5) is 8.84. The van der Waals surface area contributed by atoms with Crippen molar-refractivity contribution in [2.75, 3.05) is 19.0 Å². The Hall–Kier alpha value is -1.16.